The van der Waals surface area contributed by atoms with Crippen molar-refractivity contribution in [1.29, 1.82) is 0 Å². The van der Waals surface area contributed by atoms with Crippen LogP contribution in [0.5, 0.6) is 5.75 Å². The molecular formula is C17H20N2O3S2. The van der Waals surface area contributed by atoms with Gasteiger partial charge in [-0.3, -0.25) is 4.79 Å². The molecular weight excluding hydrogens is 344 g/mol. The lowest BCUT2D eigenvalue weighted by Crippen LogP contribution is -2.42. The molecule has 1 aromatic carbocycles. The maximum atomic E-state index is 12.2. The monoisotopic (exact) mass is 364 g/mol. The molecule has 5 nitrogen and oxygen atoms in total. The minimum atomic E-state index is -0.769. The van der Waals surface area contributed by atoms with E-state index in [9.17, 15) is 9.90 Å². The van der Waals surface area contributed by atoms with Crippen LogP contribution < -0.4 is 10.1 Å². The second-order valence-corrected chi connectivity index (χ2v) is 8.05. The summed E-state index contributed by atoms with van der Waals surface area (Å²) in [5.74, 6) is 2.14. The number of carbonyl (C=O) groups excluding carboxylic acids is 1. The smallest absolute Gasteiger partial charge is 0.251 e. The molecule has 1 saturated heterocycles. The zero-order valence-corrected chi connectivity index (χ0v) is 15.1. The number of aromatic nitrogens is 1. The molecule has 2 aromatic rings. The Bertz CT molecular complexity index is 694. The molecule has 1 aliphatic heterocycles. The van der Waals surface area contributed by atoms with Gasteiger partial charge in [0.15, 0.2) is 0 Å². The molecule has 2 N–H and O–H groups in total. The van der Waals surface area contributed by atoms with E-state index < -0.39 is 5.60 Å². The van der Waals surface area contributed by atoms with Crippen molar-refractivity contribution in [3.05, 3.63) is 45.9 Å². The van der Waals surface area contributed by atoms with Crippen LogP contribution in [-0.2, 0) is 6.61 Å². The number of aryl methyl sites for hydroxylation is 1. The van der Waals surface area contributed by atoms with Gasteiger partial charge in [0.05, 0.1) is 16.3 Å². The van der Waals surface area contributed by atoms with Gasteiger partial charge in [0, 0.05) is 23.2 Å². The van der Waals surface area contributed by atoms with Crippen molar-refractivity contribution in [2.45, 2.75) is 25.6 Å². The summed E-state index contributed by atoms with van der Waals surface area (Å²) < 4.78 is 5.67. The molecule has 7 heteroatoms. The Balaban J connectivity index is 1.50. The number of amides is 1. The summed E-state index contributed by atoms with van der Waals surface area (Å²) in [6.45, 7) is 2.67. The van der Waals surface area contributed by atoms with E-state index in [0.717, 1.165) is 22.9 Å². The first-order chi connectivity index (χ1) is 11.5. The number of benzene rings is 1. The number of carbonyl (C=O) groups is 1. The third-order valence-corrected chi connectivity index (χ3v) is 5.89. The lowest BCUT2D eigenvalue weighted by molar-refractivity contribution is 0.0612. The van der Waals surface area contributed by atoms with Crippen LogP contribution in [0.25, 0.3) is 0 Å². The number of nitrogens with zero attached hydrogens (tertiary/aromatic N) is 1. The molecule has 0 spiro atoms. The third-order valence-electron chi connectivity index (χ3n) is 3.83. The van der Waals surface area contributed by atoms with Crippen molar-refractivity contribution in [2.75, 3.05) is 18.1 Å². The van der Waals surface area contributed by atoms with E-state index in [-0.39, 0.29) is 5.91 Å². The predicted octanol–water partition coefficient (Wildman–Crippen LogP) is 2.63. The van der Waals surface area contributed by atoms with Crippen LogP contribution in [0.2, 0.25) is 0 Å². The Morgan fingerprint density at radius 3 is 2.83 bits per heavy atom. The summed E-state index contributed by atoms with van der Waals surface area (Å²) in [6, 6.07) is 7.00. The van der Waals surface area contributed by atoms with Crippen LogP contribution in [0.3, 0.4) is 0 Å². The van der Waals surface area contributed by atoms with E-state index in [0.29, 0.717) is 30.2 Å². The average Bonchev–Trinajstić information content (AvgIpc) is 3.20. The number of hydrogen-bond acceptors (Lipinski definition) is 6. The quantitative estimate of drug-likeness (QED) is 0.824. The highest BCUT2D eigenvalue weighted by Crippen LogP contribution is 2.27. The molecule has 0 bridgehead atoms. The van der Waals surface area contributed by atoms with E-state index in [1.165, 1.54) is 0 Å². The van der Waals surface area contributed by atoms with Crippen molar-refractivity contribution < 1.29 is 14.6 Å². The zero-order chi connectivity index (χ0) is 17.0. The molecule has 1 fully saturated rings. The van der Waals surface area contributed by atoms with Gasteiger partial charge in [-0.1, -0.05) is 0 Å². The molecule has 2 heterocycles. The molecule has 1 aromatic heterocycles. The first-order valence-corrected chi connectivity index (χ1v) is 9.80. The third kappa shape index (κ3) is 4.49. The van der Waals surface area contributed by atoms with Gasteiger partial charge in [-0.05, 0) is 43.4 Å². The van der Waals surface area contributed by atoms with Crippen LogP contribution in [0, 0.1) is 6.92 Å². The molecule has 24 heavy (non-hydrogen) atoms. The Labute approximate surface area is 149 Å². The van der Waals surface area contributed by atoms with E-state index in [2.05, 4.69) is 10.3 Å². The van der Waals surface area contributed by atoms with Gasteiger partial charge in [0.1, 0.15) is 12.4 Å². The van der Waals surface area contributed by atoms with Gasteiger partial charge >= 0.3 is 0 Å². The van der Waals surface area contributed by atoms with Crippen LogP contribution in [-0.4, -0.2) is 39.6 Å². The lowest BCUT2D eigenvalue weighted by Gasteiger charge is -2.21. The highest BCUT2D eigenvalue weighted by atomic mass is 32.2. The number of ether oxygens (including phenoxy) is 1. The molecule has 128 valence electrons. The number of hydrogen-bond donors (Lipinski definition) is 2. The largest absolute Gasteiger partial charge is 0.487 e. The first-order valence-electron chi connectivity index (χ1n) is 7.76. The van der Waals surface area contributed by atoms with Gasteiger partial charge in [-0.2, -0.15) is 11.8 Å². The molecule has 3 rings (SSSR count). The Hall–Kier alpha value is -1.57. The van der Waals surface area contributed by atoms with Crippen molar-refractivity contribution in [2.24, 2.45) is 0 Å². The fraction of sp³-hybridized carbons (Fsp3) is 0.412. The summed E-state index contributed by atoms with van der Waals surface area (Å²) >= 11 is 3.31. The van der Waals surface area contributed by atoms with E-state index in [1.807, 2.05) is 12.3 Å². The minimum Gasteiger partial charge on any atom is -0.487 e. The van der Waals surface area contributed by atoms with E-state index in [1.54, 1.807) is 47.4 Å². The summed E-state index contributed by atoms with van der Waals surface area (Å²) in [4.78, 5) is 16.5. The molecule has 0 aliphatic carbocycles. The van der Waals surface area contributed by atoms with Crippen LogP contribution in [0.4, 0.5) is 0 Å². The van der Waals surface area contributed by atoms with Crippen molar-refractivity contribution >= 4 is 29.0 Å². The first kappa shape index (κ1) is 17.3. The average molecular weight is 364 g/mol. The number of nitrogens with one attached hydrogen (secondary N) is 1. The molecule has 0 unspecified atom stereocenters. The summed E-state index contributed by atoms with van der Waals surface area (Å²) in [5, 5.41) is 16.1. The second kappa shape index (κ2) is 7.55. The van der Waals surface area contributed by atoms with Crippen LogP contribution in [0.1, 0.15) is 27.5 Å². The fourth-order valence-electron chi connectivity index (χ4n) is 2.42. The number of thiazole rings is 1. The Morgan fingerprint density at radius 2 is 2.21 bits per heavy atom. The normalized spacial score (nSPS) is 20.1. The highest BCUT2D eigenvalue weighted by Gasteiger charge is 2.31. The fourth-order valence-corrected chi connectivity index (χ4v) is 4.31. The van der Waals surface area contributed by atoms with Gasteiger partial charge in [0.2, 0.25) is 0 Å². The van der Waals surface area contributed by atoms with E-state index >= 15 is 0 Å². The van der Waals surface area contributed by atoms with E-state index in [4.69, 9.17) is 4.74 Å². The molecule has 1 aliphatic rings. The predicted molar refractivity (Wildman–Crippen MR) is 96.9 cm³/mol. The van der Waals surface area contributed by atoms with Crippen molar-refractivity contribution in [1.82, 2.24) is 10.3 Å². The summed E-state index contributed by atoms with van der Waals surface area (Å²) in [7, 11) is 0. The molecule has 0 radical (unpaired) electrons. The highest BCUT2D eigenvalue weighted by molar-refractivity contribution is 7.99. The zero-order valence-electron chi connectivity index (χ0n) is 13.4. The van der Waals surface area contributed by atoms with Gasteiger partial charge in [-0.15, -0.1) is 11.3 Å². The number of thioether (sulfide) groups is 1. The van der Waals surface area contributed by atoms with Gasteiger partial charge in [0.25, 0.3) is 5.91 Å². The molecule has 1 amide bonds. The van der Waals surface area contributed by atoms with Crippen LogP contribution in [0.15, 0.2) is 29.6 Å². The SMILES string of the molecule is Cc1nc(COc2ccc(C(=O)NC[C@@]3(O)CCSC3)cc2)cs1. The summed E-state index contributed by atoms with van der Waals surface area (Å²) in [6.07, 6.45) is 0.723. The van der Waals surface area contributed by atoms with Crippen molar-refractivity contribution in [3.63, 3.8) is 0 Å². The molecule has 0 saturated carbocycles. The van der Waals surface area contributed by atoms with Gasteiger partial charge in [-0.25, -0.2) is 4.98 Å². The number of rotatable bonds is 6. The number of aliphatic hydroxyl groups is 1. The topological polar surface area (TPSA) is 71.5 Å². The maximum absolute atomic E-state index is 12.2. The Kier molecular flexibility index (Phi) is 5.43. The maximum Gasteiger partial charge on any atom is 0.251 e. The summed E-state index contributed by atoms with van der Waals surface area (Å²) in [5.41, 5.74) is 0.692. The minimum absolute atomic E-state index is 0.179. The molecule has 1 atom stereocenters. The lowest BCUT2D eigenvalue weighted by atomic mass is 10.0. The standard InChI is InChI=1S/C17H20N2O3S2/c1-12-19-14(9-24-12)8-22-15-4-2-13(3-5-15)16(20)18-10-17(21)6-7-23-11-17/h2-5,9,21H,6-8,10-11H2,1H3,(H,18,20)/t17-/m0/s1. The Morgan fingerprint density at radius 1 is 1.42 bits per heavy atom. The van der Waals surface area contributed by atoms with Gasteiger partial charge < -0.3 is 15.2 Å². The second-order valence-electron chi connectivity index (χ2n) is 5.88. The van der Waals surface area contributed by atoms with Crippen LogP contribution >= 0.6 is 23.1 Å². The van der Waals surface area contributed by atoms with Crippen molar-refractivity contribution in [3.8, 4) is 5.75 Å².